The molecule has 1 atom stereocenters. The first-order valence-corrected chi connectivity index (χ1v) is 9.65. The summed E-state index contributed by atoms with van der Waals surface area (Å²) in [5.41, 5.74) is 1.44. The Morgan fingerprint density at radius 2 is 1.83 bits per heavy atom. The van der Waals surface area contributed by atoms with Gasteiger partial charge in [-0.05, 0) is 35.6 Å². The van der Waals surface area contributed by atoms with Gasteiger partial charge >= 0.3 is 0 Å². The van der Waals surface area contributed by atoms with Crippen LogP contribution in [0.25, 0.3) is 0 Å². The number of carbonyl (C=O) groups is 2. The number of carbonyl (C=O) groups excluding carboxylic acids is 2. The van der Waals surface area contributed by atoms with Gasteiger partial charge in [-0.2, -0.15) is 0 Å². The van der Waals surface area contributed by atoms with Gasteiger partial charge in [-0.3, -0.25) is 9.59 Å². The van der Waals surface area contributed by atoms with Gasteiger partial charge in [0.15, 0.2) is 28.2 Å². The summed E-state index contributed by atoms with van der Waals surface area (Å²) in [5, 5.41) is 3.06. The van der Waals surface area contributed by atoms with Crippen LogP contribution in [0.4, 0.5) is 14.6 Å². The van der Waals surface area contributed by atoms with Crippen LogP contribution in [0, 0.1) is 29.4 Å². The Morgan fingerprint density at radius 1 is 1.03 bits per heavy atom. The highest BCUT2D eigenvalue weighted by Crippen LogP contribution is 2.32. The van der Waals surface area contributed by atoms with Gasteiger partial charge in [-0.1, -0.05) is 42.3 Å². The van der Waals surface area contributed by atoms with E-state index in [0.717, 1.165) is 29.0 Å². The van der Waals surface area contributed by atoms with E-state index in [2.05, 4.69) is 22.1 Å². The Kier molecular flexibility index (Phi) is 5.19. The number of hydrogen-bond acceptors (Lipinski definition) is 4. The zero-order valence-electron chi connectivity index (χ0n) is 15.0. The van der Waals surface area contributed by atoms with E-state index in [9.17, 15) is 18.4 Å². The van der Waals surface area contributed by atoms with E-state index in [-0.39, 0.29) is 18.0 Å². The third kappa shape index (κ3) is 4.08. The van der Waals surface area contributed by atoms with Crippen molar-refractivity contribution in [2.45, 2.75) is 12.8 Å². The molecule has 3 aromatic rings. The number of rotatable bonds is 3. The van der Waals surface area contributed by atoms with Crippen LogP contribution in [0.3, 0.4) is 0 Å². The molecule has 2 heterocycles. The lowest BCUT2D eigenvalue weighted by atomic mass is 9.91. The van der Waals surface area contributed by atoms with E-state index in [1.54, 1.807) is 0 Å². The van der Waals surface area contributed by atoms with E-state index in [1.165, 1.54) is 6.07 Å². The van der Waals surface area contributed by atoms with Gasteiger partial charge in [0.05, 0.1) is 0 Å². The maximum Gasteiger partial charge on any atom is 0.236 e. The fourth-order valence-corrected chi connectivity index (χ4v) is 3.90. The van der Waals surface area contributed by atoms with Crippen molar-refractivity contribution in [2.24, 2.45) is 5.92 Å². The lowest BCUT2D eigenvalue weighted by Crippen LogP contribution is -2.36. The Bertz CT molecular complexity index is 1160. The predicted molar refractivity (Wildman–Crippen MR) is 106 cm³/mol. The van der Waals surface area contributed by atoms with Crippen LogP contribution in [0.1, 0.15) is 25.8 Å². The van der Waals surface area contributed by atoms with Gasteiger partial charge in [0.2, 0.25) is 5.91 Å². The zero-order valence-corrected chi connectivity index (χ0v) is 15.9. The number of thiazole rings is 1. The maximum absolute atomic E-state index is 13.4. The molecule has 0 bridgehead atoms. The third-order valence-corrected chi connectivity index (χ3v) is 5.47. The quantitative estimate of drug-likeness (QED) is 0.526. The number of nitrogens with one attached hydrogen (secondary N) is 1. The molecule has 7 heteroatoms. The molecule has 0 spiro atoms. The molecule has 0 fully saturated rings. The normalized spacial score (nSPS) is 15.3. The number of benzene rings is 2. The molecule has 0 radical (unpaired) electrons. The van der Waals surface area contributed by atoms with Crippen molar-refractivity contribution in [1.29, 1.82) is 0 Å². The first kappa shape index (κ1) is 19.0. The molecule has 29 heavy (non-hydrogen) atoms. The number of nitrogens with zero attached hydrogens (tertiary/aromatic N) is 1. The number of amides is 1. The molecule has 0 aliphatic carbocycles. The molecule has 4 nitrogen and oxygen atoms in total. The second-order valence-electron chi connectivity index (χ2n) is 6.52. The monoisotopic (exact) mass is 408 g/mol. The molecule has 1 amide bonds. The van der Waals surface area contributed by atoms with Crippen molar-refractivity contribution in [3.8, 4) is 11.8 Å². The smallest absolute Gasteiger partial charge is 0.236 e. The van der Waals surface area contributed by atoms with Crippen molar-refractivity contribution in [3.05, 3.63) is 81.2 Å². The summed E-state index contributed by atoms with van der Waals surface area (Å²) in [5.74, 6) is 2.24. The van der Waals surface area contributed by atoms with Crippen molar-refractivity contribution < 1.29 is 18.4 Å². The van der Waals surface area contributed by atoms with Crippen LogP contribution in [-0.4, -0.2) is 16.7 Å². The molecule has 1 aliphatic heterocycles. The Labute approximate surface area is 169 Å². The number of anilines is 1. The summed E-state index contributed by atoms with van der Waals surface area (Å²) in [7, 11) is 0. The van der Waals surface area contributed by atoms with Gasteiger partial charge in [0, 0.05) is 6.42 Å². The molecule has 1 unspecified atom stereocenters. The van der Waals surface area contributed by atoms with Gasteiger partial charge in [-0.25, -0.2) is 13.8 Å². The van der Waals surface area contributed by atoms with Crippen LogP contribution in [0.15, 0.2) is 48.5 Å². The van der Waals surface area contributed by atoms with E-state index in [1.807, 2.05) is 30.3 Å². The number of aromatic nitrogens is 1. The zero-order chi connectivity index (χ0) is 20.4. The number of halogens is 2. The van der Waals surface area contributed by atoms with Crippen LogP contribution >= 0.6 is 11.3 Å². The van der Waals surface area contributed by atoms with Crippen molar-refractivity contribution in [1.82, 2.24) is 4.98 Å². The number of ketones is 1. The SMILES string of the molecule is O=C1Nc2nc(C#CCc3ccccc3)sc2C(=O)C1Cc1ccc(F)c(F)c1. The highest BCUT2D eigenvalue weighted by molar-refractivity contribution is 7.15. The molecule has 1 aliphatic rings. The Balaban J connectivity index is 1.52. The highest BCUT2D eigenvalue weighted by atomic mass is 32.1. The van der Waals surface area contributed by atoms with Gasteiger partial charge < -0.3 is 5.32 Å². The second kappa shape index (κ2) is 7.94. The number of hydrogen-bond donors (Lipinski definition) is 1. The maximum atomic E-state index is 13.4. The van der Waals surface area contributed by atoms with Crippen LogP contribution in [0.5, 0.6) is 0 Å². The minimum Gasteiger partial charge on any atom is -0.309 e. The molecule has 0 saturated carbocycles. The fourth-order valence-electron chi connectivity index (χ4n) is 3.01. The lowest BCUT2D eigenvalue weighted by molar-refractivity contribution is -0.118. The van der Waals surface area contributed by atoms with Crippen molar-refractivity contribution in [2.75, 3.05) is 5.32 Å². The van der Waals surface area contributed by atoms with Crippen molar-refractivity contribution >= 4 is 28.8 Å². The molecule has 1 N–H and O–H groups in total. The van der Waals surface area contributed by atoms with E-state index in [0.29, 0.717) is 21.9 Å². The average molecular weight is 408 g/mol. The summed E-state index contributed by atoms with van der Waals surface area (Å²) >= 11 is 1.12. The number of Topliss-reactive ketones (excluding diaryl/α,β-unsaturated/α-hetero) is 1. The summed E-state index contributed by atoms with van der Waals surface area (Å²) < 4.78 is 26.5. The number of fused-ring (bicyclic) bond motifs is 1. The molecular formula is C22H14F2N2O2S. The minimum absolute atomic E-state index is 0.0196. The first-order valence-electron chi connectivity index (χ1n) is 8.84. The van der Waals surface area contributed by atoms with Crippen LogP contribution in [-0.2, 0) is 17.6 Å². The van der Waals surface area contributed by atoms with E-state index >= 15 is 0 Å². The van der Waals surface area contributed by atoms with Crippen LogP contribution in [0.2, 0.25) is 0 Å². The van der Waals surface area contributed by atoms with E-state index < -0.39 is 23.5 Å². The van der Waals surface area contributed by atoms with E-state index in [4.69, 9.17) is 0 Å². The second-order valence-corrected chi connectivity index (χ2v) is 7.52. The molecule has 144 valence electrons. The molecule has 2 aromatic carbocycles. The lowest BCUT2D eigenvalue weighted by Gasteiger charge is -2.19. The summed E-state index contributed by atoms with van der Waals surface area (Å²) in [6, 6.07) is 13.1. The minimum atomic E-state index is -1.02. The van der Waals surface area contributed by atoms with Gasteiger partial charge in [-0.15, -0.1) is 11.3 Å². The molecule has 4 rings (SSSR count). The fraction of sp³-hybridized carbons (Fsp3) is 0.136. The molecule has 1 aromatic heterocycles. The molecular weight excluding hydrogens is 394 g/mol. The predicted octanol–water partition coefficient (Wildman–Crippen LogP) is 4.01. The van der Waals surface area contributed by atoms with Crippen LogP contribution < -0.4 is 5.32 Å². The Hall–Kier alpha value is -3.37. The van der Waals surface area contributed by atoms with Gasteiger partial charge in [0.25, 0.3) is 0 Å². The van der Waals surface area contributed by atoms with Gasteiger partial charge in [0.1, 0.15) is 10.8 Å². The topological polar surface area (TPSA) is 59.1 Å². The third-order valence-electron chi connectivity index (χ3n) is 4.48. The first-order chi connectivity index (χ1) is 14.0. The summed E-state index contributed by atoms with van der Waals surface area (Å²) in [6.45, 7) is 0. The summed E-state index contributed by atoms with van der Waals surface area (Å²) in [6.07, 6.45) is 0.526. The standard InChI is InChI=1S/C22H14F2N2O2S/c23-16-10-9-14(12-17(16)24)11-15-19(27)20-21(26-22(15)28)25-18(29-20)8-4-7-13-5-2-1-3-6-13/h1-3,5-6,9-10,12,15H,7,11H2,(H,26,28). The molecule has 0 saturated heterocycles. The Morgan fingerprint density at radius 3 is 2.59 bits per heavy atom. The van der Waals surface area contributed by atoms with Crippen molar-refractivity contribution in [3.63, 3.8) is 0 Å². The summed E-state index contributed by atoms with van der Waals surface area (Å²) in [4.78, 5) is 29.7. The largest absolute Gasteiger partial charge is 0.309 e. The highest BCUT2D eigenvalue weighted by Gasteiger charge is 2.37. The average Bonchev–Trinajstić information content (AvgIpc) is 3.11.